The second-order valence-corrected chi connectivity index (χ2v) is 20.3. The molecule has 0 aromatic rings. The Hall–Kier alpha value is -0.500. The Morgan fingerprint density at radius 2 is 0.845 bits per heavy atom. The standard InChI is InChI=1S/C49H101N2O6P/c1-6-8-10-12-14-16-18-20-22-23-24-25-26-27-29-31-33-35-37-39-41-43-49(53)50-47(46-57-58(54,55)56-45-44-51(3,4)5)48(52)42-40-38-36-34-32-30-28-21-19-17-15-13-11-9-7-2/h47-48,52H,6-46H2,1-5H3,(H-,50,53,54,55). The third kappa shape index (κ3) is 43.6. The average Bonchev–Trinajstić information content (AvgIpc) is 3.17. The molecule has 0 fully saturated rings. The molecule has 0 aliphatic heterocycles. The molecule has 0 aliphatic carbocycles. The highest BCUT2D eigenvalue weighted by atomic mass is 31.2. The lowest BCUT2D eigenvalue weighted by atomic mass is 10.0. The quantitative estimate of drug-likeness (QED) is 0.0359. The molecule has 0 spiro atoms. The number of nitrogens with one attached hydrogen (secondary N) is 1. The molecule has 1 amide bonds. The number of quaternary nitrogens is 1. The first kappa shape index (κ1) is 57.5. The first-order valence-corrected chi connectivity index (χ1v) is 26.8. The van der Waals surface area contributed by atoms with E-state index in [1.165, 1.54) is 193 Å². The van der Waals surface area contributed by atoms with Crippen molar-refractivity contribution in [1.82, 2.24) is 5.32 Å². The van der Waals surface area contributed by atoms with Crippen LogP contribution in [-0.4, -0.2) is 68.5 Å². The van der Waals surface area contributed by atoms with Gasteiger partial charge in [0.1, 0.15) is 13.2 Å². The van der Waals surface area contributed by atoms with Gasteiger partial charge in [-0.3, -0.25) is 9.36 Å². The number of aliphatic hydroxyl groups is 1. The number of aliphatic hydroxyl groups excluding tert-OH is 1. The molecule has 0 heterocycles. The molecule has 3 atom stereocenters. The fraction of sp³-hybridized carbons (Fsp3) is 0.980. The Balaban J connectivity index is 4.20. The maximum absolute atomic E-state index is 12.9. The predicted octanol–water partition coefficient (Wildman–Crippen LogP) is 13.9. The molecule has 2 N–H and O–H groups in total. The summed E-state index contributed by atoms with van der Waals surface area (Å²) in [4.78, 5) is 25.4. The van der Waals surface area contributed by atoms with Crippen molar-refractivity contribution < 1.29 is 32.9 Å². The maximum atomic E-state index is 12.9. The predicted molar refractivity (Wildman–Crippen MR) is 247 cm³/mol. The van der Waals surface area contributed by atoms with Gasteiger partial charge < -0.3 is 28.8 Å². The number of hydrogen-bond acceptors (Lipinski definition) is 6. The lowest BCUT2D eigenvalue weighted by Gasteiger charge is -2.30. The molecule has 0 aliphatic rings. The van der Waals surface area contributed by atoms with Crippen molar-refractivity contribution in [2.24, 2.45) is 0 Å². The molecule has 0 aromatic heterocycles. The minimum Gasteiger partial charge on any atom is -0.756 e. The lowest BCUT2D eigenvalue weighted by Crippen LogP contribution is -2.46. The first-order chi connectivity index (χ1) is 28.0. The zero-order valence-electron chi connectivity index (χ0n) is 39.5. The summed E-state index contributed by atoms with van der Waals surface area (Å²) in [7, 11) is 1.32. The number of amides is 1. The molecular formula is C49H101N2O6P. The van der Waals surface area contributed by atoms with Crippen LogP contribution in [0.15, 0.2) is 0 Å². The smallest absolute Gasteiger partial charge is 0.268 e. The van der Waals surface area contributed by atoms with Crippen LogP contribution >= 0.6 is 7.82 Å². The van der Waals surface area contributed by atoms with Crippen molar-refractivity contribution in [2.75, 3.05) is 40.9 Å². The molecular weight excluding hydrogens is 744 g/mol. The molecule has 0 radical (unpaired) electrons. The van der Waals surface area contributed by atoms with Gasteiger partial charge in [0, 0.05) is 6.42 Å². The van der Waals surface area contributed by atoms with E-state index >= 15 is 0 Å². The Kier molecular flexibility index (Phi) is 41.5. The molecule has 58 heavy (non-hydrogen) atoms. The van der Waals surface area contributed by atoms with Crippen LogP contribution < -0.4 is 10.2 Å². The summed E-state index contributed by atoms with van der Waals surface area (Å²) in [5.74, 6) is -0.159. The molecule has 8 nitrogen and oxygen atoms in total. The summed E-state index contributed by atoms with van der Waals surface area (Å²) in [5, 5.41) is 14.0. The van der Waals surface area contributed by atoms with E-state index in [0.29, 0.717) is 23.9 Å². The third-order valence-corrected chi connectivity index (χ3v) is 12.8. The highest BCUT2D eigenvalue weighted by molar-refractivity contribution is 7.45. The molecule has 0 saturated carbocycles. The number of nitrogens with zero attached hydrogens (tertiary/aromatic N) is 1. The van der Waals surface area contributed by atoms with Crippen LogP contribution in [-0.2, 0) is 18.4 Å². The first-order valence-electron chi connectivity index (χ1n) is 25.4. The van der Waals surface area contributed by atoms with Crippen LogP contribution in [0.3, 0.4) is 0 Å². The van der Waals surface area contributed by atoms with E-state index in [-0.39, 0.29) is 19.1 Å². The Labute approximate surface area is 361 Å². The zero-order chi connectivity index (χ0) is 42.8. The number of hydrogen-bond donors (Lipinski definition) is 2. The van der Waals surface area contributed by atoms with Gasteiger partial charge in [0.25, 0.3) is 7.82 Å². The van der Waals surface area contributed by atoms with Crippen LogP contribution in [0.1, 0.15) is 258 Å². The van der Waals surface area contributed by atoms with Gasteiger partial charge in [-0.25, -0.2) is 0 Å². The van der Waals surface area contributed by atoms with Crippen LogP contribution in [0.5, 0.6) is 0 Å². The van der Waals surface area contributed by atoms with Gasteiger partial charge in [-0.1, -0.05) is 239 Å². The summed E-state index contributed by atoms with van der Waals surface area (Å²) < 4.78 is 23.3. The van der Waals surface area contributed by atoms with Crippen molar-refractivity contribution in [3.05, 3.63) is 0 Å². The minimum absolute atomic E-state index is 0.0163. The highest BCUT2D eigenvalue weighted by Crippen LogP contribution is 2.38. The van der Waals surface area contributed by atoms with Gasteiger partial charge in [0.2, 0.25) is 5.91 Å². The maximum Gasteiger partial charge on any atom is 0.268 e. The molecule has 9 heteroatoms. The Bertz CT molecular complexity index is 916. The zero-order valence-corrected chi connectivity index (χ0v) is 40.4. The average molecular weight is 845 g/mol. The van der Waals surface area contributed by atoms with Crippen molar-refractivity contribution in [2.45, 2.75) is 270 Å². The fourth-order valence-electron chi connectivity index (χ4n) is 7.81. The molecule has 0 saturated heterocycles. The number of rotatable bonds is 47. The number of unbranched alkanes of at least 4 members (excludes halogenated alkanes) is 34. The SMILES string of the molecule is CCCCCCCCCCCCCCCCCCCCCCCC(=O)NC(COP(=O)([O-])OCC[N+](C)(C)C)C(O)CCCCCCCCCCCCCCCCC. The largest absolute Gasteiger partial charge is 0.756 e. The van der Waals surface area contributed by atoms with Gasteiger partial charge in [0.05, 0.1) is 39.9 Å². The van der Waals surface area contributed by atoms with Crippen LogP contribution in [0.2, 0.25) is 0 Å². The summed E-state index contributed by atoms with van der Waals surface area (Å²) in [6, 6.07) is -0.793. The second-order valence-electron chi connectivity index (χ2n) is 18.9. The van der Waals surface area contributed by atoms with Gasteiger partial charge in [0.15, 0.2) is 0 Å². The van der Waals surface area contributed by atoms with Crippen molar-refractivity contribution >= 4 is 13.7 Å². The van der Waals surface area contributed by atoms with E-state index in [9.17, 15) is 19.4 Å². The van der Waals surface area contributed by atoms with Crippen LogP contribution in [0, 0.1) is 0 Å². The summed E-state index contributed by atoms with van der Waals surface area (Å²) in [5.41, 5.74) is 0. The van der Waals surface area contributed by atoms with E-state index in [0.717, 1.165) is 38.5 Å². The van der Waals surface area contributed by atoms with Gasteiger partial charge in [-0.15, -0.1) is 0 Å². The topological polar surface area (TPSA) is 108 Å². The van der Waals surface area contributed by atoms with Gasteiger partial charge >= 0.3 is 0 Å². The van der Waals surface area contributed by atoms with Gasteiger partial charge in [-0.05, 0) is 12.8 Å². The highest BCUT2D eigenvalue weighted by Gasteiger charge is 2.24. The van der Waals surface area contributed by atoms with Gasteiger partial charge in [-0.2, -0.15) is 0 Å². The van der Waals surface area contributed by atoms with E-state index in [2.05, 4.69) is 19.2 Å². The Morgan fingerprint density at radius 1 is 0.534 bits per heavy atom. The van der Waals surface area contributed by atoms with Crippen LogP contribution in [0.25, 0.3) is 0 Å². The monoisotopic (exact) mass is 845 g/mol. The van der Waals surface area contributed by atoms with E-state index in [1.807, 2.05) is 21.1 Å². The van der Waals surface area contributed by atoms with E-state index in [4.69, 9.17) is 9.05 Å². The summed E-state index contributed by atoms with van der Waals surface area (Å²) >= 11 is 0. The summed E-state index contributed by atoms with van der Waals surface area (Å²) in [6.45, 7) is 4.76. The van der Waals surface area contributed by atoms with Crippen molar-refractivity contribution in [3.8, 4) is 0 Å². The molecule has 0 bridgehead atoms. The minimum atomic E-state index is -4.56. The number of phosphoric ester groups is 1. The van der Waals surface area contributed by atoms with Crippen molar-refractivity contribution in [3.63, 3.8) is 0 Å². The second kappa shape index (κ2) is 41.8. The number of phosphoric acid groups is 1. The molecule has 0 rings (SSSR count). The number of carbonyl (C=O) groups excluding carboxylic acids is 1. The lowest BCUT2D eigenvalue weighted by molar-refractivity contribution is -0.870. The van der Waals surface area contributed by atoms with E-state index < -0.39 is 20.0 Å². The van der Waals surface area contributed by atoms with E-state index in [1.54, 1.807) is 0 Å². The number of likely N-dealkylation sites (N-methyl/N-ethyl adjacent to an activating group) is 1. The summed E-state index contributed by atoms with van der Waals surface area (Å²) in [6.07, 6.45) is 46.8. The fourth-order valence-corrected chi connectivity index (χ4v) is 8.53. The number of carbonyl (C=O) groups is 1. The molecule has 348 valence electrons. The van der Waals surface area contributed by atoms with Crippen LogP contribution in [0.4, 0.5) is 0 Å². The molecule has 3 unspecified atom stereocenters. The Morgan fingerprint density at radius 3 is 1.17 bits per heavy atom. The third-order valence-electron chi connectivity index (χ3n) is 11.8. The molecule has 0 aromatic carbocycles. The van der Waals surface area contributed by atoms with Crippen molar-refractivity contribution in [1.29, 1.82) is 0 Å². The normalized spacial score (nSPS) is 14.1.